The highest BCUT2D eigenvalue weighted by Crippen LogP contribution is 2.20. The Balaban J connectivity index is 1.63. The van der Waals surface area contributed by atoms with Gasteiger partial charge in [0.25, 0.3) is 0 Å². The molecule has 1 N–H and O–H groups in total. The van der Waals surface area contributed by atoms with Gasteiger partial charge in [0, 0.05) is 31.8 Å². The molecule has 126 valence electrons. The summed E-state index contributed by atoms with van der Waals surface area (Å²) < 4.78 is 0. The Morgan fingerprint density at radius 3 is 2.52 bits per heavy atom. The van der Waals surface area contributed by atoms with Gasteiger partial charge in [0.1, 0.15) is 0 Å². The summed E-state index contributed by atoms with van der Waals surface area (Å²) in [5.74, 6) is 2.13. The maximum absolute atomic E-state index is 12.0. The molecule has 1 aliphatic heterocycles. The number of piperidine rings is 1. The molecule has 2 amide bonds. The largest absolute Gasteiger partial charge is 0.353 e. The topological polar surface area (TPSA) is 49.4 Å². The molecule has 0 aliphatic carbocycles. The summed E-state index contributed by atoms with van der Waals surface area (Å²) in [5, 5.41) is 3.09. The van der Waals surface area contributed by atoms with Gasteiger partial charge in [-0.2, -0.15) is 11.8 Å². The zero-order valence-corrected chi connectivity index (χ0v) is 14.8. The standard InChI is InChI=1S/C18H26N2O2S/c1-14(16-6-4-3-5-7-16)12-23-13-18(22)19-17-8-10-20(11-9-17)15(2)21/h3-7,14,17H,8-13H2,1-2H3,(H,19,22). The number of carbonyl (C=O) groups excluding carboxylic acids is 2. The average molecular weight is 334 g/mol. The fraction of sp³-hybridized carbons (Fsp3) is 0.556. The van der Waals surface area contributed by atoms with Crippen molar-refractivity contribution in [1.82, 2.24) is 10.2 Å². The van der Waals surface area contributed by atoms with E-state index in [1.165, 1.54) is 5.56 Å². The summed E-state index contributed by atoms with van der Waals surface area (Å²) in [6.07, 6.45) is 1.72. The van der Waals surface area contributed by atoms with Gasteiger partial charge in [-0.05, 0) is 24.3 Å². The van der Waals surface area contributed by atoms with Gasteiger partial charge in [0.15, 0.2) is 0 Å². The molecule has 0 bridgehead atoms. The third kappa shape index (κ3) is 5.90. The minimum absolute atomic E-state index is 0.108. The quantitative estimate of drug-likeness (QED) is 0.870. The van der Waals surface area contributed by atoms with E-state index in [1.54, 1.807) is 18.7 Å². The van der Waals surface area contributed by atoms with E-state index in [0.29, 0.717) is 11.7 Å². The number of amides is 2. The first kappa shape index (κ1) is 17.9. The Labute approximate surface area is 143 Å². The molecule has 2 rings (SSSR count). The third-order valence-electron chi connectivity index (χ3n) is 4.28. The van der Waals surface area contributed by atoms with Gasteiger partial charge < -0.3 is 10.2 Å². The highest BCUT2D eigenvalue weighted by molar-refractivity contribution is 7.99. The van der Waals surface area contributed by atoms with Crippen molar-refractivity contribution in [3.63, 3.8) is 0 Å². The number of likely N-dealkylation sites (tertiary alicyclic amines) is 1. The van der Waals surface area contributed by atoms with Crippen LogP contribution in [-0.2, 0) is 9.59 Å². The first-order valence-corrected chi connectivity index (χ1v) is 9.39. The molecule has 0 spiro atoms. The molecule has 23 heavy (non-hydrogen) atoms. The van der Waals surface area contributed by atoms with Crippen molar-refractivity contribution in [3.8, 4) is 0 Å². The number of rotatable bonds is 6. The summed E-state index contributed by atoms with van der Waals surface area (Å²) >= 11 is 1.68. The molecular weight excluding hydrogens is 308 g/mol. The van der Waals surface area contributed by atoms with Crippen LogP contribution in [0.1, 0.15) is 38.2 Å². The molecule has 1 aliphatic rings. The van der Waals surface area contributed by atoms with E-state index in [0.717, 1.165) is 31.7 Å². The van der Waals surface area contributed by atoms with Crippen molar-refractivity contribution in [2.75, 3.05) is 24.6 Å². The number of carbonyl (C=O) groups is 2. The molecule has 1 heterocycles. The average Bonchev–Trinajstić information content (AvgIpc) is 2.56. The molecule has 5 heteroatoms. The van der Waals surface area contributed by atoms with E-state index in [9.17, 15) is 9.59 Å². The second kappa shape index (κ2) is 8.96. The molecule has 1 aromatic carbocycles. The molecule has 1 fully saturated rings. The number of nitrogens with one attached hydrogen (secondary N) is 1. The predicted molar refractivity (Wildman–Crippen MR) is 95.6 cm³/mol. The second-order valence-corrected chi connectivity index (χ2v) is 7.20. The van der Waals surface area contributed by atoms with Gasteiger partial charge >= 0.3 is 0 Å². The maximum Gasteiger partial charge on any atom is 0.230 e. The van der Waals surface area contributed by atoms with Crippen LogP contribution >= 0.6 is 11.8 Å². The van der Waals surface area contributed by atoms with E-state index in [-0.39, 0.29) is 17.9 Å². The molecular formula is C18H26N2O2S. The van der Waals surface area contributed by atoms with E-state index < -0.39 is 0 Å². The van der Waals surface area contributed by atoms with Gasteiger partial charge in [-0.15, -0.1) is 0 Å². The van der Waals surface area contributed by atoms with Crippen LogP contribution in [0.4, 0.5) is 0 Å². The number of benzene rings is 1. The number of nitrogens with zero attached hydrogens (tertiary/aromatic N) is 1. The van der Waals surface area contributed by atoms with Crippen molar-refractivity contribution >= 4 is 23.6 Å². The molecule has 0 radical (unpaired) electrons. The van der Waals surface area contributed by atoms with Gasteiger partial charge in [-0.25, -0.2) is 0 Å². The summed E-state index contributed by atoms with van der Waals surface area (Å²) in [6.45, 7) is 5.29. The van der Waals surface area contributed by atoms with E-state index >= 15 is 0 Å². The van der Waals surface area contributed by atoms with Crippen LogP contribution in [0, 0.1) is 0 Å². The Bertz CT molecular complexity index is 513. The lowest BCUT2D eigenvalue weighted by molar-refractivity contribution is -0.130. The van der Waals surface area contributed by atoms with Crippen molar-refractivity contribution in [2.24, 2.45) is 0 Å². The molecule has 1 saturated heterocycles. The van der Waals surface area contributed by atoms with E-state index in [2.05, 4.69) is 36.5 Å². The fourth-order valence-corrected chi connectivity index (χ4v) is 3.75. The highest BCUT2D eigenvalue weighted by atomic mass is 32.2. The molecule has 0 aromatic heterocycles. The van der Waals surface area contributed by atoms with Crippen molar-refractivity contribution < 1.29 is 9.59 Å². The first-order valence-electron chi connectivity index (χ1n) is 8.24. The van der Waals surface area contributed by atoms with Gasteiger partial charge in [-0.1, -0.05) is 37.3 Å². The zero-order valence-electron chi connectivity index (χ0n) is 14.0. The van der Waals surface area contributed by atoms with Gasteiger partial charge in [0.2, 0.25) is 11.8 Å². The van der Waals surface area contributed by atoms with Crippen LogP contribution in [0.5, 0.6) is 0 Å². The summed E-state index contributed by atoms with van der Waals surface area (Å²) in [5.41, 5.74) is 1.32. The summed E-state index contributed by atoms with van der Waals surface area (Å²) in [7, 11) is 0. The molecule has 1 aromatic rings. The van der Waals surface area contributed by atoms with Crippen LogP contribution in [-0.4, -0.2) is 47.4 Å². The number of thioether (sulfide) groups is 1. The normalized spacial score (nSPS) is 16.9. The Kier molecular flexibility index (Phi) is 6.96. The number of hydrogen-bond acceptors (Lipinski definition) is 3. The smallest absolute Gasteiger partial charge is 0.230 e. The second-order valence-electron chi connectivity index (χ2n) is 6.17. The van der Waals surface area contributed by atoms with Crippen LogP contribution in [0.25, 0.3) is 0 Å². The fourth-order valence-electron chi connectivity index (χ4n) is 2.81. The van der Waals surface area contributed by atoms with Crippen molar-refractivity contribution in [2.45, 2.75) is 38.6 Å². The van der Waals surface area contributed by atoms with E-state index in [4.69, 9.17) is 0 Å². The Morgan fingerprint density at radius 1 is 1.26 bits per heavy atom. The summed E-state index contributed by atoms with van der Waals surface area (Å²) in [6, 6.07) is 10.6. The minimum atomic E-state index is 0.108. The highest BCUT2D eigenvalue weighted by Gasteiger charge is 2.21. The zero-order chi connectivity index (χ0) is 16.7. The first-order chi connectivity index (χ1) is 11.1. The lowest BCUT2D eigenvalue weighted by Gasteiger charge is -2.31. The van der Waals surface area contributed by atoms with Crippen LogP contribution in [0.15, 0.2) is 30.3 Å². The minimum Gasteiger partial charge on any atom is -0.353 e. The molecule has 1 atom stereocenters. The van der Waals surface area contributed by atoms with Crippen LogP contribution in [0.2, 0.25) is 0 Å². The van der Waals surface area contributed by atoms with Crippen molar-refractivity contribution in [3.05, 3.63) is 35.9 Å². The monoisotopic (exact) mass is 334 g/mol. The molecule has 1 unspecified atom stereocenters. The Morgan fingerprint density at radius 2 is 1.91 bits per heavy atom. The maximum atomic E-state index is 12.0. The lowest BCUT2D eigenvalue weighted by Crippen LogP contribution is -2.46. The van der Waals surface area contributed by atoms with Crippen LogP contribution in [0.3, 0.4) is 0 Å². The molecule has 4 nitrogen and oxygen atoms in total. The van der Waals surface area contributed by atoms with E-state index in [1.807, 2.05) is 11.0 Å². The SMILES string of the molecule is CC(=O)N1CCC(NC(=O)CSCC(C)c2ccccc2)CC1. The summed E-state index contributed by atoms with van der Waals surface area (Å²) in [4.78, 5) is 25.2. The van der Waals surface area contributed by atoms with Gasteiger partial charge in [0.05, 0.1) is 5.75 Å². The lowest BCUT2D eigenvalue weighted by atomic mass is 10.0. The molecule has 0 saturated carbocycles. The van der Waals surface area contributed by atoms with Gasteiger partial charge in [-0.3, -0.25) is 9.59 Å². The van der Waals surface area contributed by atoms with Crippen molar-refractivity contribution in [1.29, 1.82) is 0 Å². The Hall–Kier alpha value is -1.49. The number of hydrogen-bond donors (Lipinski definition) is 1. The third-order valence-corrected chi connectivity index (χ3v) is 5.48. The van der Waals surface area contributed by atoms with Crippen LogP contribution < -0.4 is 5.32 Å². The predicted octanol–water partition coefficient (Wildman–Crippen LogP) is 2.65.